The number of ether oxygens (including phenoxy) is 1. The second kappa shape index (κ2) is 6.28. The van der Waals surface area contributed by atoms with Crippen LogP contribution in [0.25, 0.3) is 0 Å². The van der Waals surface area contributed by atoms with Gasteiger partial charge in [-0.05, 0) is 25.0 Å². The van der Waals surface area contributed by atoms with Crippen molar-refractivity contribution in [3.63, 3.8) is 0 Å². The lowest BCUT2D eigenvalue weighted by Crippen LogP contribution is -2.35. The van der Waals surface area contributed by atoms with Gasteiger partial charge in [0.25, 0.3) is 10.0 Å². The van der Waals surface area contributed by atoms with Crippen LogP contribution in [-0.2, 0) is 10.0 Å². The maximum absolute atomic E-state index is 13.2. The number of benzene rings is 2. The zero-order valence-corrected chi connectivity index (χ0v) is 14.8. The lowest BCUT2D eigenvalue weighted by atomic mass is 10.1. The Bertz CT molecular complexity index is 890. The van der Waals surface area contributed by atoms with Crippen LogP contribution in [0.5, 0.6) is 5.75 Å². The first-order valence-electron chi connectivity index (χ1n) is 7.73. The molecule has 0 aliphatic carbocycles. The predicted molar refractivity (Wildman–Crippen MR) is 94.2 cm³/mol. The van der Waals surface area contributed by atoms with Gasteiger partial charge in [0, 0.05) is 11.6 Å². The number of sulfonamides is 1. The number of hydrogen-bond donors (Lipinski definition) is 0. The second-order valence-electron chi connectivity index (χ2n) is 5.74. The smallest absolute Gasteiger partial charge is 0.265 e. The van der Waals surface area contributed by atoms with E-state index in [-0.39, 0.29) is 4.90 Å². The van der Waals surface area contributed by atoms with Gasteiger partial charge in [0.1, 0.15) is 11.6 Å². The van der Waals surface area contributed by atoms with Crippen LogP contribution < -0.4 is 4.74 Å². The van der Waals surface area contributed by atoms with E-state index in [4.69, 9.17) is 4.74 Å². The number of rotatable bonds is 4. The lowest BCUT2D eigenvalue weighted by molar-refractivity contribution is 0.410. The Morgan fingerprint density at radius 2 is 1.79 bits per heavy atom. The number of aliphatic imine (C=N–C) groups is 1. The quantitative estimate of drug-likeness (QED) is 0.857. The van der Waals surface area contributed by atoms with Crippen LogP contribution >= 0.6 is 0 Å². The molecule has 0 saturated carbocycles. The predicted octanol–water partition coefficient (Wildman–Crippen LogP) is 2.76. The van der Waals surface area contributed by atoms with Crippen molar-refractivity contribution in [2.45, 2.75) is 18.7 Å². The fraction of sp³-hybridized carbons (Fsp3) is 0.278. The van der Waals surface area contributed by atoms with Crippen molar-refractivity contribution in [3.8, 4) is 5.75 Å². The number of amidine groups is 1. The van der Waals surface area contributed by atoms with Gasteiger partial charge in [0.15, 0.2) is 0 Å². The van der Waals surface area contributed by atoms with E-state index in [9.17, 15) is 8.42 Å². The molecule has 24 heavy (non-hydrogen) atoms. The summed E-state index contributed by atoms with van der Waals surface area (Å²) in [4.78, 5) is 4.66. The molecule has 2 aromatic rings. The average Bonchev–Trinajstić information content (AvgIpc) is 3.06. The Hall–Kier alpha value is -2.34. The van der Waals surface area contributed by atoms with E-state index >= 15 is 0 Å². The van der Waals surface area contributed by atoms with Gasteiger partial charge >= 0.3 is 0 Å². The van der Waals surface area contributed by atoms with Crippen LogP contribution in [0.2, 0.25) is 0 Å². The highest BCUT2D eigenvalue weighted by atomic mass is 32.2. The third kappa shape index (κ3) is 2.78. The first-order valence-corrected chi connectivity index (χ1v) is 9.17. The first-order chi connectivity index (χ1) is 11.4. The van der Waals surface area contributed by atoms with Crippen LogP contribution in [0.15, 0.2) is 52.4 Å². The Labute approximate surface area is 142 Å². The van der Waals surface area contributed by atoms with Gasteiger partial charge in [-0.3, -0.25) is 4.99 Å². The van der Waals surface area contributed by atoms with E-state index in [0.29, 0.717) is 30.2 Å². The number of aryl methyl sites for hydroxylation is 2. The minimum Gasteiger partial charge on any atom is -0.496 e. The monoisotopic (exact) mass is 344 g/mol. The fourth-order valence-corrected chi connectivity index (χ4v) is 4.59. The minimum atomic E-state index is -3.69. The van der Waals surface area contributed by atoms with Crippen LogP contribution in [-0.4, -0.2) is 38.8 Å². The van der Waals surface area contributed by atoms with E-state index in [2.05, 4.69) is 4.99 Å². The molecule has 0 fully saturated rings. The molecule has 0 saturated heterocycles. The largest absolute Gasteiger partial charge is 0.496 e. The summed E-state index contributed by atoms with van der Waals surface area (Å²) in [5.41, 5.74) is 2.41. The molecule has 0 amide bonds. The van der Waals surface area contributed by atoms with Gasteiger partial charge < -0.3 is 4.74 Å². The molecule has 1 aliphatic rings. The van der Waals surface area contributed by atoms with Crippen molar-refractivity contribution in [2.75, 3.05) is 20.2 Å². The highest BCUT2D eigenvalue weighted by molar-refractivity contribution is 7.89. The molecule has 0 aromatic heterocycles. The van der Waals surface area contributed by atoms with E-state index in [1.807, 2.05) is 43.3 Å². The Balaban J connectivity index is 2.07. The third-order valence-corrected chi connectivity index (χ3v) is 6.02. The summed E-state index contributed by atoms with van der Waals surface area (Å²) in [7, 11) is -2.15. The molecule has 0 radical (unpaired) electrons. The van der Waals surface area contributed by atoms with E-state index < -0.39 is 10.0 Å². The Morgan fingerprint density at radius 3 is 2.46 bits per heavy atom. The fourth-order valence-electron chi connectivity index (χ4n) is 2.92. The molecule has 2 aromatic carbocycles. The van der Waals surface area contributed by atoms with E-state index in [0.717, 1.165) is 11.1 Å². The molecule has 126 valence electrons. The third-order valence-electron chi connectivity index (χ3n) is 4.09. The van der Waals surface area contributed by atoms with Crippen molar-refractivity contribution >= 4 is 15.9 Å². The molecule has 5 nitrogen and oxygen atoms in total. The summed E-state index contributed by atoms with van der Waals surface area (Å²) < 4.78 is 33.1. The van der Waals surface area contributed by atoms with Gasteiger partial charge in [0.2, 0.25) is 0 Å². The van der Waals surface area contributed by atoms with Crippen LogP contribution in [0, 0.1) is 13.8 Å². The van der Waals surface area contributed by atoms with E-state index in [1.54, 1.807) is 20.1 Å². The SMILES string of the molecule is COc1cc(S(=O)(=O)N2CCN=C2c2ccccc2)c(C)cc1C. The average molecular weight is 344 g/mol. The zero-order chi connectivity index (χ0) is 17.3. The molecule has 1 heterocycles. The summed E-state index contributed by atoms with van der Waals surface area (Å²) >= 11 is 0. The first kappa shape index (κ1) is 16.5. The molecule has 1 aliphatic heterocycles. The highest BCUT2D eigenvalue weighted by Gasteiger charge is 2.32. The van der Waals surface area contributed by atoms with Gasteiger partial charge in [-0.2, -0.15) is 0 Å². The summed E-state index contributed by atoms with van der Waals surface area (Å²) in [5, 5.41) is 0. The minimum absolute atomic E-state index is 0.260. The maximum atomic E-state index is 13.2. The standard InChI is InChI=1S/C18H20N2O3S/c1-13-11-14(2)17(12-16(13)23-3)24(21,22)20-10-9-19-18(20)15-7-5-4-6-8-15/h4-8,11-12H,9-10H2,1-3H3. The molecular formula is C18H20N2O3S. The topological polar surface area (TPSA) is 59.0 Å². The normalized spacial score (nSPS) is 14.6. The van der Waals surface area contributed by atoms with Gasteiger partial charge in [0.05, 0.1) is 25.1 Å². The lowest BCUT2D eigenvalue weighted by Gasteiger charge is -2.22. The summed E-state index contributed by atoms with van der Waals surface area (Å²) in [6.07, 6.45) is 0. The molecule has 0 bridgehead atoms. The van der Waals surface area contributed by atoms with Crippen molar-refractivity contribution in [2.24, 2.45) is 4.99 Å². The van der Waals surface area contributed by atoms with Crippen LogP contribution in [0.1, 0.15) is 16.7 Å². The number of methoxy groups -OCH3 is 1. The molecular weight excluding hydrogens is 324 g/mol. The van der Waals surface area contributed by atoms with Crippen molar-refractivity contribution in [1.82, 2.24) is 4.31 Å². The Kier molecular flexibility index (Phi) is 4.32. The summed E-state index contributed by atoms with van der Waals surface area (Å²) in [6.45, 7) is 4.51. The summed E-state index contributed by atoms with van der Waals surface area (Å²) in [5.74, 6) is 1.06. The van der Waals surface area contributed by atoms with Crippen LogP contribution in [0.4, 0.5) is 0 Å². The molecule has 0 atom stereocenters. The second-order valence-corrected chi connectivity index (χ2v) is 7.57. The molecule has 0 unspecified atom stereocenters. The van der Waals surface area contributed by atoms with Crippen molar-refractivity contribution < 1.29 is 13.2 Å². The van der Waals surface area contributed by atoms with Gasteiger partial charge in [-0.25, -0.2) is 12.7 Å². The van der Waals surface area contributed by atoms with Gasteiger partial charge in [-0.15, -0.1) is 0 Å². The van der Waals surface area contributed by atoms with Crippen molar-refractivity contribution in [1.29, 1.82) is 0 Å². The number of nitrogens with zero attached hydrogens (tertiary/aromatic N) is 2. The zero-order valence-electron chi connectivity index (χ0n) is 14.0. The summed E-state index contributed by atoms with van der Waals surface area (Å²) in [6, 6.07) is 12.8. The molecule has 6 heteroatoms. The van der Waals surface area contributed by atoms with E-state index in [1.165, 1.54) is 4.31 Å². The molecule has 3 rings (SSSR count). The molecule has 0 spiro atoms. The van der Waals surface area contributed by atoms with Crippen LogP contribution in [0.3, 0.4) is 0 Å². The highest BCUT2D eigenvalue weighted by Crippen LogP contribution is 2.29. The van der Waals surface area contributed by atoms with Gasteiger partial charge in [-0.1, -0.05) is 36.4 Å². The van der Waals surface area contributed by atoms with Crippen molar-refractivity contribution in [3.05, 3.63) is 59.2 Å². The number of hydrogen-bond acceptors (Lipinski definition) is 4. The molecule has 0 N–H and O–H groups in total. The Morgan fingerprint density at radius 1 is 1.08 bits per heavy atom. The maximum Gasteiger partial charge on any atom is 0.265 e.